The van der Waals surface area contributed by atoms with Crippen LogP contribution in [0.2, 0.25) is 10.0 Å². The lowest BCUT2D eigenvalue weighted by molar-refractivity contribution is -0.140. The van der Waals surface area contributed by atoms with Gasteiger partial charge in [-0.2, -0.15) is 0 Å². The largest absolute Gasteiger partial charge is 0.494 e. The van der Waals surface area contributed by atoms with Crippen molar-refractivity contribution >= 4 is 50.7 Å². The van der Waals surface area contributed by atoms with E-state index in [9.17, 15) is 22.4 Å². The number of benzene rings is 3. The van der Waals surface area contributed by atoms with Crippen molar-refractivity contribution in [2.75, 3.05) is 17.5 Å². The number of rotatable bonds is 13. The van der Waals surface area contributed by atoms with E-state index in [1.165, 1.54) is 17.0 Å². The third-order valence-electron chi connectivity index (χ3n) is 7.56. The molecule has 0 aliphatic heterocycles. The van der Waals surface area contributed by atoms with Gasteiger partial charge in [-0.05, 0) is 92.4 Å². The molecule has 4 rings (SSSR count). The summed E-state index contributed by atoms with van der Waals surface area (Å²) in [5.74, 6) is -1.01. The van der Waals surface area contributed by atoms with Gasteiger partial charge in [-0.25, -0.2) is 12.8 Å². The fraction of sp³-hybridized carbons (Fsp3) is 0.375. The Balaban J connectivity index is 1.73. The summed E-state index contributed by atoms with van der Waals surface area (Å²) >= 11 is 12.6. The van der Waals surface area contributed by atoms with E-state index in [4.69, 9.17) is 27.9 Å². The first-order chi connectivity index (χ1) is 21.0. The summed E-state index contributed by atoms with van der Waals surface area (Å²) in [6.07, 6.45) is 4.04. The number of hydrogen-bond acceptors (Lipinski definition) is 5. The highest BCUT2D eigenvalue weighted by molar-refractivity contribution is 7.92. The molecule has 1 N–H and O–H groups in total. The molecule has 8 nitrogen and oxygen atoms in total. The van der Waals surface area contributed by atoms with Gasteiger partial charge in [-0.15, -0.1) is 0 Å². The number of nitrogens with one attached hydrogen (secondary N) is 1. The number of ether oxygens (including phenoxy) is 1. The van der Waals surface area contributed by atoms with Crippen LogP contribution in [0.1, 0.15) is 51.5 Å². The molecule has 1 aliphatic rings. The topological polar surface area (TPSA) is 96.0 Å². The van der Waals surface area contributed by atoms with E-state index in [0.717, 1.165) is 54.3 Å². The fourth-order valence-corrected chi connectivity index (χ4v) is 7.14. The smallest absolute Gasteiger partial charge is 0.264 e. The van der Waals surface area contributed by atoms with Crippen LogP contribution >= 0.6 is 23.2 Å². The maximum absolute atomic E-state index is 14.2. The lowest BCUT2D eigenvalue weighted by atomic mass is 10.1. The van der Waals surface area contributed by atoms with Gasteiger partial charge in [0, 0.05) is 22.6 Å². The van der Waals surface area contributed by atoms with E-state index in [1.807, 2.05) is 6.92 Å². The Hall–Kier alpha value is -3.34. The van der Waals surface area contributed by atoms with E-state index in [0.29, 0.717) is 28.0 Å². The first-order valence-corrected chi connectivity index (χ1v) is 16.8. The normalized spacial score (nSPS) is 14.2. The van der Waals surface area contributed by atoms with E-state index in [2.05, 4.69) is 5.32 Å². The Morgan fingerprint density at radius 1 is 1.00 bits per heavy atom. The number of amides is 2. The van der Waals surface area contributed by atoms with Crippen LogP contribution in [0, 0.1) is 5.82 Å². The van der Waals surface area contributed by atoms with Crippen LogP contribution in [0.5, 0.6) is 5.75 Å². The molecule has 1 fully saturated rings. The zero-order valence-electron chi connectivity index (χ0n) is 24.6. The second-order valence-corrected chi connectivity index (χ2v) is 13.3. The second-order valence-electron chi connectivity index (χ2n) is 10.6. The molecule has 3 aromatic carbocycles. The SMILES string of the molecule is CCOc1ccc(N(CC(=O)N(Cc2ccc(Cl)cc2Cl)[C@@H](CC)C(=O)NC2CCCC2)S(=O)(=O)c2ccc(F)cc2)cc1. The molecule has 2 amide bonds. The third kappa shape index (κ3) is 8.22. The molecule has 0 unspecified atom stereocenters. The number of anilines is 1. The number of sulfonamides is 1. The Morgan fingerprint density at radius 3 is 2.25 bits per heavy atom. The Morgan fingerprint density at radius 2 is 1.66 bits per heavy atom. The number of halogens is 3. The quantitative estimate of drug-likeness (QED) is 0.223. The minimum Gasteiger partial charge on any atom is -0.494 e. The highest BCUT2D eigenvalue weighted by Gasteiger charge is 2.35. The van der Waals surface area contributed by atoms with Crippen LogP contribution in [0.3, 0.4) is 0 Å². The molecule has 0 bridgehead atoms. The standard InChI is InChI=1S/C32H36Cl2FN3O5S/c1-3-30(32(40)36-25-7-5-6-8-25)37(20-22-9-10-23(33)19-29(22)34)31(39)21-38(26-13-15-27(16-14-26)43-4-2)44(41,42)28-17-11-24(35)12-18-28/h9-19,25,30H,3-8,20-21H2,1-2H3,(H,36,40)/t30-/m0/s1. The maximum atomic E-state index is 14.2. The zero-order chi connectivity index (χ0) is 31.9. The van der Waals surface area contributed by atoms with E-state index in [1.54, 1.807) is 37.3 Å². The van der Waals surface area contributed by atoms with Crippen LogP contribution in [-0.4, -0.2) is 50.4 Å². The van der Waals surface area contributed by atoms with E-state index < -0.39 is 34.3 Å². The summed E-state index contributed by atoms with van der Waals surface area (Å²) in [6, 6.07) is 14.6. The van der Waals surface area contributed by atoms with Crippen molar-refractivity contribution in [3.8, 4) is 5.75 Å². The molecule has 12 heteroatoms. The molecular weight excluding hydrogens is 628 g/mol. The Kier molecular flexibility index (Phi) is 11.5. The average molecular weight is 665 g/mol. The van der Waals surface area contributed by atoms with Gasteiger partial charge < -0.3 is 15.0 Å². The van der Waals surface area contributed by atoms with Crippen molar-refractivity contribution in [2.24, 2.45) is 0 Å². The third-order valence-corrected chi connectivity index (χ3v) is 9.93. The predicted octanol–water partition coefficient (Wildman–Crippen LogP) is 6.59. The predicted molar refractivity (Wildman–Crippen MR) is 170 cm³/mol. The van der Waals surface area contributed by atoms with Gasteiger partial charge in [0.25, 0.3) is 10.0 Å². The molecule has 0 heterocycles. The second kappa shape index (κ2) is 15.1. The van der Waals surface area contributed by atoms with Crippen LogP contribution < -0.4 is 14.4 Å². The zero-order valence-corrected chi connectivity index (χ0v) is 27.0. The molecule has 0 radical (unpaired) electrons. The summed E-state index contributed by atoms with van der Waals surface area (Å²) < 4.78 is 48.1. The van der Waals surface area contributed by atoms with Crippen molar-refractivity contribution in [1.29, 1.82) is 0 Å². The van der Waals surface area contributed by atoms with Gasteiger partial charge in [0.2, 0.25) is 11.8 Å². The lowest BCUT2D eigenvalue weighted by Crippen LogP contribution is -2.53. The van der Waals surface area contributed by atoms with Crippen LogP contribution in [0.15, 0.2) is 71.6 Å². The summed E-state index contributed by atoms with van der Waals surface area (Å²) in [7, 11) is -4.35. The lowest BCUT2D eigenvalue weighted by Gasteiger charge is -2.34. The van der Waals surface area contributed by atoms with Crippen LogP contribution in [-0.2, 0) is 26.2 Å². The molecule has 0 spiro atoms. The number of hydrogen-bond donors (Lipinski definition) is 1. The van der Waals surface area contributed by atoms with Crippen molar-refractivity contribution < 1.29 is 27.1 Å². The fourth-order valence-electron chi connectivity index (χ4n) is 5.26. The molecule has 3 aromatic rings. The van der Waals surface area contributed by atoms with Crippen molar-refractivity contribution in [1.82, 2.24) is 10.2 Å². The minimum atomic E-state index is -4.35. The first-order valence-electron chi connectivity index (χ1n) is 14.6. The number of nitrogens with zero attached hydrogens (tertiary/aromatic N) is 2. The molecular formula is C32H36Cl2FN3O5S. The monoisotopic (exact) mass is 663 g/mol. The highest BCUT2D eigenvalue weighted by Crippen LogP contribution is 2.28. The summed E-state index contributed by atoms with van der Waals surface area (Å²) in [6.45, 7) is 3.35. The van der Waals surface area contributed by atoms with Gasteiger partial charge >= 0.3 is 0 Å². The molecule has 0 aromatic heterocycles. The highest BCUT2D eigenvalue weighted by atomic mass is 35.5. The van der Waals surface area contributed by atoms with Crippen LogP contribution in [0.4, 0.5) is 10.1 Å². The molecule has 0 saturated heterocycles. The average Bonchev–Trinajstić information content (AvgIpc) is 3.50. The summed E-state index contributed by atoms with van der Waals surface area (Å²) in [5, 5.41) is 3.79. The van der Waals surface area contributed by atoms with E-state index in [-0.39, 0.29) is 35.5 Å². The van der Waals surface area contributed by atoms with Gasteiger partial charge in [-0.1, -0.05) is 49.0 Å². The number of carbonyl (C=O) groups is 2. The van der Waals surface area contributed by atoms with Crippen LogP contribution in [0.25, 0.3) is 0 Å². The van der Waals surface area contributed by atoms with Gasteiger partial charge in [0.1, 0.15) is 24.2 Å². The van der Waals surface area contributed by atoms with Gasteiger partial charge in [-0.3, -0.25) is 13.9 Å². The van der Waals surface area contributed by atoms with Crippen molar-refractivity contribution in [2.45, 2.75) is 69.5 Å². The minimum absolute atomic E-state index is 0.0202. The number of carbonyl (C=O) groups excluding carboxylic acids is 2. The molecule has 1 saturated carbocycles. The Bertz CT molecular complexity index is 1550. The maximum Gasteiger partial charge on any atom is 0.264 e. The van der Waals surface area contributed by atoms with Crippen molar-refractivity contribution in [3.63, 3.8) is 0 Å². The molecule has 1 atom stereocenters. The molecule has 236 valence electrons. The molecule has 1 aliphatic carbocycles. The Labute approximate surface area is 268 Å². The first kappa shape index (κ1) is 33.6. The van der Waals surface area contributed by atoms with Crippen molar-refractivity contribution in [3.05, 3.63) is 88.2 Å². The van der Waals surface area contributed by atoms with Gasteiger partial charge in [0.15, 0.2) is 0 Å². The van der Waals surface area contributed by atoms with E-state index >= 15 is 0 Å². The van der Waals surface area contributed by atoms with Gasteiger partial charge in [0.05, 0.1) is 17.2 Å². The summed E-state index contributed by atoms with van der Waals surface area (Å²) in [4.78, 5) is 29.0. The molecule has 44 heavy (non-hydrogen) atoms. The summed E-state index contributed by atoms with van der Waals surface area (Å²) in [5.41, 5.74) is 0.740.